The van der Waals surface area contributed by atoms with E-state index in [2.05, 4.69) is 15.4 Å². The zero-order valence-corrected chi connectivity index (χ0v) is 14.9. The molecule has 27 heavy (non-hydrogen) atoms. The maximum Gasteiger partial charge on any atom is 0.238 e. The highest BCUT2D eigenvalue weighted by atomic mass is 32.2. The van der Waals surface area contributed by atoms with Crippen LogP contribution in [0, 0.1) is 0 Å². The van der Waals surface area contributed by atoms with Crippen LogP contribution in [0.3, 0.4) is 0 Å². The van der Waals surface area contributed by atoms with Crippen LogP contribution < -0.4 is 16.4 Å². The van der Waals surface area contributed by atoms with Gasteiger partial charge < -0.3 is 9.99 Å². The number of benzene rings is 2. The molecule has 2 heterocycles. The highest BCUT2D eigenvalue weighted by molar-refractivity contribution is 7.89. The second kappa shape index (κ2) is 6.47. The minimum Gasteiger partial charge on any atom is -0.308 e. The second-order valence-corrected chi connectivity index (χ2v) is 7.44. The predicted octanol–water partition coefficient (Wildman–Crippen LogP) is 2.02. The van der Waals surface area contributed by atoms with Crippen molar-refractivity contribution in [2.24, 2.45) is 11.0 Å². The number of hydrazine groups is 1. The Morgan fingerprint density at radius 2 is 1.67 bits per heavy atom. The van der Waals surface area contributed by atoms with Gasteiger partial charge in [-0.25, -0.2) is 29.4 Å². The molecule has 0 fully saturated rings. The molecule has 4 rings (SSSR count). The fourth-order valence-electron chi connectivity index (χ4n) is 3.00. The molecule has 2 aromatic carbocycles. The molecular weight excluding hydrogens is 364 g/mol. The molecule has 9 heteroatoms. The maximum atomic E-state index is 11.5. The first-order valence-electron chi connectivity index (χ1n) is 8.00. The van der Waals surface area contributed by atoms with Crippen molar-refractivity contribution in [2.75, 3.05) is 5.43 Å². The summed E-state index contributed by atoms with van der Waals surface area (Å²) in [6.45, 7) is 0. The van der Waals surface area contributed by atoms with E-state index in [1.807, 2.05) is 41.1 Å². The number of nitrogens with two attached hydrogens (primary N) is 2. The monoisotopic (exact) mass is 380 g/mol. The van der Waals surface area contributed by atoms with Crippen molar-refractivity contribution in [3.8, 4) is 16.8 Å². The largest absolute Gasteiger partial charge is 0.308 e. The van der Waals surface area contributed by atoms with Crippen LogP contribution in [0.1, 0.15) is 0 Å². The standard InChI is InChI=1S/C18H16N6O2S/c19-23-17-16-15(12-4-2-1-3-5-12)10-24(18(16)22-11-21-17)13-6-8-14(9-7-13)27(20,25)26/h1-11H,19H2,(H2,20,25,26)(H,21,22,23). The van der Waals surface area contributed by atoms with Gasteiger partial charge in [0.2, 0.25) is 10.0 Å². The molecule has 4 aromatic rings. The SMILES string of the molecule is NNc1ncnc2c1c(-c1ccccc1)cn2-c1ccc(S(N)(=O)=O)cc1. The Hall–Kier alpha value is -3.27. The molecule has 0 saturated carbocycles. The molecule has 0 aliphatic carbocycles. The number of nitrogen functional groups attached to an aromatic ring is 1. The summed E-state index contributed by atoms with van der Waals surface area (Å²) in [5.41, 5.74) is 5.86. The molecule has 0 amide bonds. The second-order valence-electron chi connectivity index (χ2n) is 5.88. The maximum absolute atomic E-state index is 11.5. The van der Waals surface area contributed by atoms with E-state index in [4.69, 9.17) is 11.0 Å². The van der Waals surface area contributed by atoms with Crippen LogP contribution in [-0.4, -0.2) is 23.0 Å². The highest BCUT2D eigenvalue weighted by Crippen LogP contribution is 2.34. The number of anilines is 1. The topological polar surface area (TPSA) is 129 Å². The Labute approximate surface area is 155 Å². The molecule has 5 N–H and O–H groups in total. The molecule has 2 aromatic heterocycles. The van der Waals surface area contributed by atoms with E-state index in [9.17, 15) is 8.42 Å². The van der Waals surface area contributed by atoms with Gasteiger partial charge in [-0.15, -0.1) is 0 Å². The van der Waals surface area contributed by atoms with E-state index >= 15 is 0 Å². The van der Waals surface area contributed by atoms with Crippen molar-refractivity contribution >= 4 is 26.9 Å². The molecule has 0 bridgehead atoms. The van der Waals surface area contributed by atoms with Crippen LogP contribution in [0.5, 0.6) is 0 Å². The first kappa shape index (κ1) is 17.2. The Morgan fingerprint density at radius 1 is 0.963 bits per heavy atom. The van der Waals surface area contributed by atoms with Gasteiger partial charge in [-0.2, -0.15) is 0 Å². The normalized spacial score (nSPS) is 11.6. The van der Waals surface area contributed by atoms with E-state index in [1.54, 1.807) is 12.1 Å². The van der Waals surface area contributed by atoms with Crippen LogP contribution in [0.25, 0.3) is 27.8 Å². The van der Waals surface area contributed by atoms with E-state index in [0.717, 1.165) is 22.2 Å². The Bertz CT molecular complexity index is 1220. The van der Waals surface area contributed by atoms with Crippen molar-refractivity contribution in [3.05, 3.63) is 67.1 Å². The number of nitrogens with zero attached hydrogens (tertiary/aromatic N) is 3. The average Bonchev–Trinajstić information content (AvgIpc) is 3.08. The third-order valence-electron chi connectivity index (χ3n) is 4.25. The van der Waals surface area contributed by atoms with Gasteiger partial charge in [0.05, 0.1) is 10.3 Å². The highest BCUT2D eigenvalue weighted by Gasteiger charge is 2.17. The van der Waals surface area contributed by atoms with Crippen LogP contribution in [0.4, 0.5) is 5.82 Å². The summed E-state index contributed by atoms with van der Waals surface area (Å²) in [6, 6.07) is 16.1. The lowest BCUT2D eigenvalue weighted by Gasteiger charge is -2.06. The quantitative estimate of drug-likeness (QED) is 0.367. The number of sulfonamides is 1. The van der Waals surface area contributed by atoms with Crippen molar-refractivity contribution in [2.45, 2.75) is 4.90 Å². The Morgan fingerprint density at radius 3 is 2.30 bits per heavy atom. The zero-order valence-electron chi connectivity index (χ0n) is 14.1. The summed E-state index contributed by atoms with van der Waals surface area (Å²) < 4.78 is 24.8. The number of primary sulfonamides is 1. The number of nitrogens with one attached hydrogen (secondary N) is 1. The number of fused-ring (bicyclic) bond motifs is 1. The molecule has 0 spiro atoms. The number of hydrogen-bond acceptors (Lipinski definition) is 6. The van der Waals surface area contributed by atoms with Gasteiger partial charge in [-0.1, -0.05) is 30.3 Å². The molecule has 0 saturated heterocycles. The van der Waals surface area contributed by atoms with E-state index < -0.39 is 10.0 Å². The lowest BCUT2D eigenvalue weighted by Crippen LogP contribution is -2.12. The summed E-state index contributed by atoms with van der Waals surface area (Å²) >= 11 is 0. The van der Waals surface area contributed by atoms with Gasteiger partial charge in [0.25, 0.3) is 0 Å². The van der Waals surface area contributed by atoms with Gasteiger partial charge in [0, 0.05) is 17.4 Å². The van der Waals surface area contributed by atoms with E-state index in [-0.39, 0.29) is 4.90 Å². The Kier molecular flexibility index (Phi) is 4.11. The van der Waals surface area contributed by atoms with Crippen molar-refractivity contribution < 1.29 is 8.42 Å². The number of hydrogen-bond donors (Lipinski definition) is 3. The summed E-state index contributed by atoms with van der Waals surface area (Å²) in [5.74, 6) is 6.15. The summed E-state index contributed by atoms with van der Waals surface area (Å²) in [7, 11) is -3.75. The molecule has 0 aliphatic heterocycles. The lowest BCUT2D eigenvalue weighted by molar-refractivity contribution is 0.598. The molecule has 0 radical (unpaired) electrons. The summed E-state index contributed by atoms with van der Waals surface area (Å²) in [5, 5.41) is 5.94. The molecular formula is C18H16N6O2S. The minimum absolute atomic E-state index is 0.0462. The Balaban J connectivity index is 1.97. The molecule has 8 nitrogen and oxygen atoms in total. The predicted molar refractivity (Wildman–Crippen MR) is 103 cm³/mol. The molecule has 136 valence electrons. The van der Waals surface area contributed by atoms with Crippen LogP contribution in [0.15, 0.2) is 72.0 Å². The van der Waals surface area contributed by atoms with Crippen LogP contribution in [0.2, 0.25) is 0 Å². The fraction of sp³-hybridized carbons (Fsp3) is 0. The van der Waals surface area contributed by atoms with Crippen molar-refractivity contribution in [1.29, 1.82) is 0 Å². The molecule has 0 aliphatic rings. The number of aromatic nitrogens is 3. The fourth-order valence-corrected chi connectivity index (χ4v) is 3.52. The summed E-state index contributed by atoms with van der Waals surface area (Å²) in [4.78, 5) is 8.65. The van der Waals surface area contributed by atoms with Gasteiger partial charge in [-0.3, -0.25) is 0 Å². The zero-order chi connectivity index (χ0) is 19.0. The first-order valence-corrected chi connectivity index (χ1v) is 9.55. The van der Waals surface area contributed by atoms with Crippen molar-refractivity contribution in [1.82, 2.24) is 14.5 Å². The van der Waals surface area contributed by atoms with Gasteiger partial charge in [0.15, 0.2) is 11.5 Å². The van der Waals surface area contributed by atoms with E-state index in [1.165, 1.54) is 18.5 Å². The molecule has 0 atom stereocenters. The van der Waals surface area contributed by atoms with Gasteiger partial charge >= 0.3 is 0 Å². The lowest BCUT2D eigenvalue weighted by atomic mass is 10.1. The smallest absolute Gasteiger partial charge is 0.238 e. The van der Waals surface area contributed by atoms with Crippen molar-refractivity contribution in [3.63, 3.8) is 0 Å². The summed E-state index contributed by atoms with van der Waals surface area (Å²) in [6.07, 6.45) is 3.34. The third kappa shape index (κ3) is 3.04. The van der Waals surface area contributed by atoms with Crippen LogP contribution >= 0.6 is 0 Å². The van der Waals surface area contributed by atoms with E-state index in [0.29, 0.717) is 11.5 Å². The first-order chi connectivity index (χ1) is 13.0. The van der Waals surface area contributed by atoms with Gasteiger partial charge in [-0.05, 0) is 29.8 Å². The number of rotatable bonds is 4. The van der Waals surface area contributed by atoms with Crippen LogP contribution in [-0.2, 0) is 10.0 Å². The average molecular weight is 380 g/mol. The minimum atomic E-state index is -3.75. The molecule has 0 unspecified atom stereocenters. The van der Waals surface area contributed by atoms with Gasteiger partial charge in [0.1, 0.15) is 6.33 Å². The third-order valence-corrected chi connectivity index (χ3v) is 5.18.